The third-order valence-electron chi connectivity index (χ3n) is 2.42. The van der Waals surface area contributed by atoms with E-state index in [2.05, 4.69) is 10.6 Å². The SMILES string of the molecule is O=C(O)C(CO)NC(=O)[C@@H]1CCCCN1. The minimum absolute atomic E-state index is 0.327. The van der Waals surface area contributed by atoms with E-state index in [1.165, 1.54) is 0 Å². The van der Waals surface area contributed by atoms with Gasteiger partial charge in [-0.15, -0.1) is 0 Å². The maximum atomic E-state index is 11.5. The molecule has 0 bridgehead atoms. The smallest absolute Gasteiger partial charge is 0.328 e. The van der Waals surface area contributed by atoms with E-state index in [1.54, 1.807) is 0 Å². The van der Waals surface area contributed by atoms with Crippen molar-refractivity contribution < 1.29 is 19.8 Å². The lowest BCUT2D eigenvalue weighted by molar-refractivity contribution is -0.143. The normalized spacial score (nSPS) is 23.1. The van der Waals surface area contributed by atoms with E-state index in [9.17, 15) is 9.59 Å². The largest absolute Gasteiger partial charge is 0.480 e. The summed E-state index contributed by atoms with van der Waals surface area (Å²) in [6.07, 6.45) is 2.71. The molecule has 6 nitrogen and oxygen atoms in total. The van der Waals surface area contributed by atoms with Crippen LogP contribution in [0.15, 0.2) is 0 Å². The van der Waals surface area contributed by atoms with Crippen LogP contribution in [0.2, 0.25) is 0 Å². The first kappa shape index (κ1) is 11.9. The quantitative estimate of drug-likeness (QED) is 0.467. The lowest BCUT2D eigenvalue weighted by Gasteiger charge is -2.23. The number of rotatable bonds is 4. The van der Waals surface area contributed by atoms with Crippen LogP contribution in [0.3, 0.4) is 0 Å². The summed E-state index contributed by atoms with van der Waals surface area (Å²) < 4.78 is 0. The van der Waals surface area contributed by atoms with Crippen LogP contribution in [0, 0.1) is 0 Å². The molecule has 0 aromatic rings. The standard InChI is InChI=1S/C9H16N2O4/c12-5-7(9(14)15)11-8(13)6-3-1-2-4-10-6/h6-7,10,12H,1-5H2,(H,11,13)(H,14,15)/t6-,7?/m0/s1. The van der Waals surface area contributed by atoms with E-state index in [4.69, 9.17) is 10.2 Å². The van der Waals surface area contributed by atoms with Gasteiger partial charge in [0.1, 0.15) is 6.04 Å². The fraction of sp³-hybridized carbons (Fsp3) is 0.778. The predicted octanol–water partition coefficient (Wildman–Crippen LogP) is -1.31. The van der Waals surface area contributed by atoms with E-state index in [1.807, 2.05) is 0 Å². The molecule has 1 amide bonds. The van der Waals surface area contributed by atoms with Crippen molar-refractivity contribution in [1.29, 1.82) is 0 Å². The first-order valence-corrected chi connectivity index (χ1v) is 5.02. The maximum absolute atomic E-state index is 11.5. The second-order valence-electron chi connectivity index (χ2n) is 3.58. The fourth-order valence-corrected chi connectivity index (χ4v) is 1.53. The lowest BCUT2D eigenvalue weighted by Crippen LogP contribution is -2.52. The average Bonchev–Trinajstić information content (AvgIpc) is 2.26. The Kier molecular flexibility index (Phi) is 4.51. The van der Waals surface area contributed by atoms with Crippen molar-refractivity contribution >= 4 is 11.9 Å². The molecule has 1 aliphatic rings. The van der Waals surface area contributed by atoms with Gasteiger partial charge < -0.3 is 20.8 Å². The Morgan fingerprint density at radius 2 is 2.20 bits per heavy atom. The lowest BCUT2D eigenvalue weighted by atomic mass is 10.0. The maximum Gasteiger partial charge on any atom is 0.328 e. The molecule has 15 heavy (non-hydrogen) atoms. The van der Waals surface area contributed by atoms with Gasteiger partial charge in [-0.1, -0.05) is 6.42 Å². The number of nitrogens with one attached hydrogen (secondary N) is 2. The summed E-state index contributed by atoms with van der Waals surface area (Å²) in [6.45, 7) is 0.183. The predicted molar refractivity (Wildman–Crippen MR) is 52.3 cm³/mol. The number of carboxylic acids is 1. The number of hydrogen-bond acceptors (Lipinski definition) is 4. The molecule has 1 rings (SSSR count). The average molecular weight is 216 g/mol. The van der Waals surface area contributed by atoms with Crippen LogP contribution in [-0.2, 0) is 9.59 Å². The fourth-order valence-electron chi connectivity index (χ4n) is 1.53. The van der Waals surface area contributed by atoms with Crippen molar-refractivity contribution in [2.75, 3.05) is 13.2 Å². The molecule has 0 radical (unpaired) electrons. The third kappa shape index (κ3) is 3.49. The van der Waals surface area contributed by atoms with Gasteiger partial charge in [-0.3, -0.25) is 4.79 Å². The van der Waals surface area contributed by atoms with Crippen molar-refractivity contribution in [3.05, 3.63) is 0 Å². The van der Waals surface area contributed by atoms with Gasteiger partial charge in [0.2, 0.25) is 5.91 Å². The van der Waals surface area contributed by atoms with Crippen LogP contribution in [0.25, 0.3) is 0 Å². The highest BCUT2D eigenvalue weighted by Crippen LogP contribution is 2.06. The molecule has 0 aromatic carbocycles. The summed E-state index contributed by atoms with van der Waals surface area (Å²) in [5.74, 6) is -1.57. The number of hydrogen-bond donors (Lipinski definition) is 4. The summed E-state index contributed by atoms with van der Waals surface area (Å²) in [6, 6.07) is -1.53. The molecular weight excluding hydrogens is 200 g/mol. The summed E-state index contributed by atoms with van der Waals surface area (Å²) >= 11 is 0. The van der Waals surface area contributed by atoms with Crippen molar-refractivity contribution in [2.45, 2.75) is 31.3 Å². The first-order chi connectivity index (χ1) is 7.15. The zero-order valence-electron chi connectivity index (χ0n) is 8.40. The van der Waals surface area contributed by atoms with Crippen molar-refractivity contribution in [3.63, 3.8) is 0 Å². The summed E-state index contributed by atoms with van der Waals surface area (Å²) in [7, 11) is 0. The number of piperidine rings is 1. The van der Waals surface area contributed by atoms with Gasteiger partial charge in [0, 0.05) is 0 Å². The molecule has 4 N–H and O–H groups in total. The molecule has 0 saturated carbocycles. The highest BCUT2D eigenvalue weighted by Gasteiger charge is 2.25. The number of carbonyl (C=O) groups excluding carboxylic acids is 1. The van der Waals surface area contributed by atoms with E-state index in [-0.39, 0.29) is 11.9 Å². The van der Waals surface area contributed by atoms with Crippen LogP contribution in [0.4, 0.5) is 0 Å². The number of carboxylic acid groups (broad SMARTS) is 1. The van der Waals surface area contributed by atoms with E-state index >= 15 is 0 Å². The second kappa shape index (κ2) is 5.67. The van der Waals surface area contributed by atoms with Gasteiger partial charge in [0.25, 0.3) is 0 Å². The van der Waals surface area contributed by atoms with E-state index in [0.29, 0.717) is 6.42 Å². The highest BCUT2D eigenvalue weighted by molar-refractivity contribution is 5.87. The van der Waals surface area contributed by atoms with Gasteiger partial charge in [-0.2, -0.15) is 0 Å². The summed E-state index contributed by atoms with van der Waals surface area (Å²) in [5, 5.41) is 22.6. The molecule has 2 atom stereocenters. The molecule has 1 fully saturated rings. The molecule has 86 valence electrons. The topological polar surface area (TPSA) is 98.7 Å². The monoisotopic (exact) mass is 216 g/mol. The molecule has 1 aliphatic heterocycles. The van der Waals surface area contributed by atoms with Crippen molar-refractivity contribution in [2.24, 2.45) is 0 Å². The second-order valence-corrected chi connectivity index (χ2v) is 3.58. The molecular formula is C9H16N2O4. The highest BCUT2D eigenvalue weighted by atomic mass is 16.4. The van der Waals surface area contributed by atoms with Crippen LogP contribution in [-0.4, -0.2) is 47.3 Å². The Labute approximate surface area is 87.7 Å². The van der Waals surface area contributed by atoms with Crippen LogP contribution < -0.4 is 10.6 Å². The molecule has 1 heterocycles. The van der Waals surface area contributed by atoms with Gasteiger partial charge in [0.05, 0.1) is 12.6 Å². The van der Waals surface area contributed by atoms with E-state index in [0.717, 1.165) is 19.4 Å². The Balaban J connectivity index is 2.42. The van der Waals surface area contributed by atoms with Crippen molar-refractivity contribution in [3.8, 4) is 0 Å². The third-order valence-corrected chi connectivity index (χ3v) is 2.42. The van der Waals surface area contributed by atoms with Crippen LogP contribution in [0.5, 0.6) is 0 Å². The number of carbonyl (C=O) groups is 2. The van der Waals surface area contributed by atoms with E-state index < -0.39 is 18.6 Å². The van der Waals surface area contributed by atoms with Gasteiger partial charge >= 0.3 is 5.97 Å². The van der Waals surface area contributed by atoms with Crippen LogP contribution >= 0.6 is 0 Å². The zero-order valence-corrected chi connectivity index (χ0v) is 8.40. The number of aliphatic carboxylic acids is 1. The molecule has 0 spiro atoms. The zero-order chi connectivity index (χ0) is 11.3. The summed E-state index contributed by atoms with van der Waals surface area (Å²) in [4.78, 5) is 22.1. The number of amides is 1. The Morgan fingerprint density at radius 1 is 1.47 bits per heavy atom. The Hall–Kier alpha value is -1.14. The van der Waals surface area contributed by atoms with Gasteiger partial charge in [0.15, 0.2) is 0 Å². The Morgan fingerprint density at radius 3 is 2.67 bits per heavy atom. The number of aliphatic hydroxyl groups is 1. The minimum Gasteiger partial charge on any atom is -0.480 e. The first-order valence-electron chi connectivity index (χ1n) is 5.02. The Bertz CT molecular complexity index is 238. The molecule has 0 aromatic heterocycles. The van der Waals surface area contributed by atoms with Crippen molar-refractivity contribution in [1.82, 2.24) is 10.6 Å². The van der Waals surface area contributed by atoms with Gasteiger partial charge in [-0.25, -0.2) is 4.79 Å². The minimum atomic E-state index is -1.22. The molecule has 6 heteroatoms. The number of aliphatic hydroxyl groups excluding tert-OH is 1. The summed E-state index contributed by atoms with van der Waals surface area (Å²) in [5.41, 5.74) is 0. The molecule has 1 unspecified atom stereocenters. The van der Waals surface area contributed by atoms with Gasteiger partial charge in [-0.05, 0) is 19.4 Å². The molecule has 1 saturated heterocycles. The van der Waals surface area contributed by atoms with Crippen LogP contribution in [0.1, 0.15) is 19.3 Å². The molecule has 0 aliphatic carbocycles.